The summed E-state index contributed by atoms with van der Waals surface area (Å²) in [6, 6.07) is 3.75. The van der Waals surface area contributed by atoms with Crippen LogP contribution in [0.3, 0.4) is 0 Å². The van der Waals surface area contributed by atoms with E-state index >= 15 is 0 Å². The monoisotopic (exact) mass is 521 g/mol. The molecule has 0 unspecified atom stereocenters. The van der Waals surface area contributed by atoms with E-state index in [9.17, 15) is 0 Å². The van der Waals surface area contributed by atoms with E-state index in [4.69, 9.17) is 18.9 Å². The molecule has 0 bridgehead atoms. The maximum Gasteiger partial charge on any atom is 0.191 e. The quantitative estimate of drug-likeness (QED) is 0.265. The maximum atomic E-state index is 5.52. The van der Waals surface area contributed by atoms with Crippen LogP contribution in [0.1, 0.15) is 31.2 Å². The number of nitrogens with one attached hydrogen (secondary N) is 2. The van der Waals surface area contributed by atoms with Crippen molar-refractivity contribution in [1.29, 1.82) is 0 Å². The Bertz CT molecular complexity index is 626. The molecule has 1 aliphatic rings. The summed E-state index contributed by atoms with van der Waals surface area (Å²) >= 11 is 0. The Hall–Kier alpha value is -1.42. The van der Waals surface area contributed by atoms with Gasteiger partial charge in [-0.05, 0) is 31.1 Å². The first kappa shape index (κ1) is 25.6. The first-order valence-corrected chi connectivity index (χ1v) is 9.83. The number of rotatable bonds is 11. The number of halogens is 1. The van der Waals surface area contributed by atoms with Crippen molar-refractivity contribution in [2.45, 2.75) is 32.1 Å². The van der Waals surface area contributed by atoms with Crippen LogP contribution in [0, 0.1) is 5.41 Å². The smallest absolute Gasteiger partial charge is 0.191 e. The molecule has 0 saturated heterocycles. The Morgan fingerprint density at radius 3 is 2.14 bits per heavy atom. The van der Waals surface area contributed by atoms with E-state index in [2.05, 4.69) is 15.6 Å². The van der Waals surface area contributed by atoms with Crippen LogP contribution in [-0.2, 0) is 11.2 Å². The van der Waals surface area contributed by atoms with Crippen LogP contribution in [0.15, 0.2) is 17.1 Å². The second-order valence-electron chi connectivity index (χ2n) is 7.21. The van der Waals surface area contributed by atoms with E-state index in [1.165, 1.54) is 19.3 Å². The zero-order valence-electron chi connectivity index (χ0n) is 18.3. The first-order chi connectivity index (χ1) is 13.6. The van der Waals surface area contributed by atoms with Gasteiger partial charge in [0.05, 0.1) is 21.3 Å². The summed E-state index contributed by atoms with van der Waals surface area (Å²) in [7, 11) is 8.51. The van der Waals surface area contributed by atoms with Gasteiger partial charge >= 0.3 is 0 Å². The minimum Gasteiger partial charge on any atom is -0.496 e. The van der Waals surface area contributed by atoms with Gasteiger partial charge in [0.15, 0.2) is 5.96 Å². The molecule has 0 amide bonds. The number of nitrogens with zero attached hydrogens (tertiary/aromatic N) is 1. The van der Waals surface area contributed by atoms with E-state index in [1.807, 2.05) is 12.1 Å². The molecule has 8 heteroatoms. The summed E-state index contributed by atoms with van der Waals surface area (Å²) in [5.41, 5.74) is 1.35. The van der Waals surface area contributed by atoms with E-state index in [0.29, 0.717) is 17.7 Å². The Labute approximate surface area is 191 Å². The van der Waals surface area contributed by atoms with Crippen LogP contribution < -0.4 is 24.8 Å². The highest BCUT2D eigenvalue weighted by atomic mass is 127. The second-order valence-corrected chi connectivity index (χ2v) is 7.21. The lowest BCUT2D eigenvalue weighted by molar-refractivity contribution is 0.0732. The van der Waals surface area contributed by atoms with Crippen LogP contribution in [0.2, 0.25) is 0 Å². The van der Waals surface area contributed by atoms with E-state index in [-0.39, 0.29) is 24.0 Å². The van der Waals surface area contributed by atoms with Crippen molar-refractivity contribution >= 4 is 29.9 Å². The molecule has 0 spiro atoms. The summed E-state index contributed by atoms with van der Waals surface area (Å²) < 4.78 is 21.6. The fourth-order valence-electron chi connectivity index (χ4n) is 3.63. The van der Waals surface area contributed by atoms with Crippen LogP contribution in [0.5, 0.6) is 17.2 Å². The predicted molar refractivity (Wildman–Crippen MR) is 127 cm³/mol. The molecule has 1 aromatic rings. The largest absolute Gasteiger partial charge is 0.496 e. The lowest BCUT2D eigenvalue weighted by Gasteiger charge is -2.42. The fourth-order valence-corrected chi connectivity index (χ4v) is 3.63. The summed E-state index contributed by atoms with van der Waals surface area (Å²) in [6.45, 7) is 2.44. The third-order valence-corrected chi connectivity index (χ3v) is 5.59. The van der Waals surface area contributed by atoms with Gasteiger partial charge < -0.3 is 29.6 Å². The molecule has 1 fully saturated rings. The van der Waals surface area contributed by atoms with Crippen molar-refractivity contribution in [2.75, 3.05) is 55.2 Å². The number of aliphatic imine (C=N–C) groups is 1. The topological polar surface area (TPSA) is 73.3 Å². The van der Waals surface area contributed by atoms with Gasteiger partial charge in [-0.2, -0.15) is 0 Å². The van der Waals surface area contributed by atoms with Crippen LogP contribution in [-0.4, -0.2) is 61.1 Å². The number of guanidine groups is 1. The molecule has 2 N–H and O–H groups in total. The van der Waals surface area contributed by atoms with Crippen molar-refractivity contribution in [3.8, 4) is 17.2 Å². The molecule has 29 heavy (non-hydrogen) atoms. The summed E-state index contributed by atoms with van der Waals surface area (Å²) in [5.74, 6) is 3.04. The van der Waals surface area contributed by atoms with E-state index < -0.39 is 0 Å². The SMILES string of the molecule is CN=C(NCCc1c(OC)cc(OC)cc1OC)NCC1(CCOC)CCC1.I. The lowest BCUT2D eigenvalue weighted by atomic mass is 9.67. The molecule has 1 aliphatic carbocycles. The normalized spacial score (nSPS) is 15.0. The van der Waals surface area contributed by atoms with Crippen LogP contribution >= 0.6 is 24.0 Å². The third-order valence-electron chi connectivity index (χ3n) is 5.59. The van der Waals surface area contributed by atoms with Crippen molar-refractivity contribution in [2.24, 2.45) is 10.4 Å². The minimum atomic E-state index is 0. The zero-order chi connectivity index (χ0) is 20.4. The maximum absolute atomic E-state index is 5.52. The lowest BCUT2D eigenvalue weighted by Crippen LogP contribution is -2.47. The average Bonchev–Trinajstić information content (AvgIpc) is 2.70. The standard InChI is InChI=1S/C21H35N3O4.HI/c1-22-20(24-15-21(8-6-9-21)10-12-25-2)23-11-7-17-18(27-4)13-16(26-3)14-19(17)28-5;/h13-14H,6-12,15H2,1-5H3,(H2,22,23,24);1H. The molecule has 7 nitrogen and oxygen atoms in total. The van der Waals surface area contributed by atoms with E-state index in [1.54, 1.807) is 35.5 Å². The molecule has 166 valence electrons. The molecule has 0 heterocycles. The third kappa shape index (κ3) is 7.09. The van der Waals surface area contributed by atoms with E-state index in [0.717, 1.165) is 49.0 Å². The Kier molecular flexibility index (Phi) is 11.5. The first-order valence-electron chi connectivity index (χ1n) is 9.83. The van der Waals surface area contributed by atoms with Crippen molar-refractivity contribution in [3.05, 3.63) is 17.7 Å². The fraction of sp³-hybridized carbons (Fsp3) is 0.667. The van der Waals surface area contributed by atoms with Gasteiger partial charge in [-0.1, -0.05) is 6.42 Å². The minimum absolute atomic E-state index is 0. The van der Waals surface area contributed by atoms with Crippen LogP contribution in [0.25, 0.3) is 0 Å². The highest BCUT2D eigenvalue weighted by Crippen LogP contribution is 2.43. The number of methoxy groups -OCH3 is 4. The Balaban J connectivity index is 0.00000420. The van der Waals surface area contributed by atoms with Crippen molar-refractivity contribution < 1.29 is 18.9 Å². The predicted octanol–water partition coefficient (Wildman–Crippen LogP) is 3.24. The molecule has 1 aromatic carbocycles. The van der Waals surface area contributed by atoms with Crippen molar-refractivity contribution in [3.63, 3.8) is 0 Å². The van der Waals surface area contributed by atoms with Gasteiger partial charge in [0.25, 0.3) is 0 Å². The highest BCUT2D eigenvalue weighted by Gasteiger charge is 2.36. The Morgan fingerprint density at radius 1 is 1.03 bits per heavy atom. The number of hydrogen-bond donors (Lipinski definition) is 2. The summed E-state index contributed by atoms with van der Waals surface area (Å²) in [4.78, 5) is 4.35. The Morgan fingerprint density at radius 2 is 1.69 bits per heavy atom. The molecular formula is C21H36IN3O4. The van der Waals surface area contributed by atoms with Gasteiger partial charge in [-0.15, -0.1) is 24.0 Å². The zero-order valence-corrected chi connectivity index (χ0v) is 20.6. The summed E-state index contributed by atoms with van der Waals surface area (Å²) in [6.07, 6.45) is 5.63. The molecular weight excluding hydrogens is 485 g/mol. The molecule has 2 rings (SSSR count). The number of ether oxygens (including phenoxy) is 4. The van der Waals surface area contributed by atoms with Crippen molar-refractivity contribution in [1.82, 2.24) is 10.6 Å². The van der Waals surface area contributed by atoms with Gasteiger partial charge in [0, 0.05) is 51.6 Å². The second kappa shape index (κ2) is 13.0. The molecule has 0 aliphatic heterocycles. The highest BCUT2D eigenvalue weighted by molar-refractivity contribution is 14.0. The number of benzene rings is 1. The molecule has 0 radical (unpaired) electrons. The molecule has 0 atom stereocenters. The van der Waals surface area contributed by atoms with Gasteiger partial charge in [-0.25, -0.2) is 0 Å². The summed E-state index contributed by atoms with van der Waals surface area (Å²) in [5, 5.41) is 6.87. The number of hydrogen-bond acceptors (Lipinski definition) is 5. The van der Waals surface area contributed by atoms with Gasteiger partial charge in [0.2, 0.25) is 0 Å². The molecule has 0 aromatic heterocycles. The van der Waals surface area contributed by atoms with Gasteiger partial charge in [-0.3, -0.25) is 4.99 Å². The molecule has 1 saturated carbocycles. The van der Waals surface area contributed by atoms with Crippen LogP contribution in [0.4, 0.5) is 0 Å². The average molecular weight is 521 g/mol. The van der Waals surface area contributed by atoms with Gasteiger partial charge in [0.1, 0.15) is 17.2 Å².